The van der Waals surface area contributed by atoms with Gasteiger partial charge in [-0.1, -0.05) is 12.7 Å². The highest BCUT2D eigenvalue weighted by Crippen LogP contribution is 2.30. The van der Waals surface area contributed by atoms with Gasteiger partial charge in [-0.15, -0.1) is 0 Å². The maximum absolute atomic E-state index is 10.6. The fourth-order valence-corrected chi connectivity index (χ4v) is 1.03. The lowest BCUT2D eigenvalue weighted by atomic mass is 10.2. The van der Waals surface area contributed by atoms with Crippen LogP contribution in [0.5, 0.6) is 5.75 Å². The molecule has 84 valence electrons. The molecule has 1 rings (SSSR count). The molecule has 0 aromatic heterocycles. The van der Waals surface area contributed by atoms with Crippen molar-refractivity contribution in [1.82, 2.24) is 0 Å². The number of hydrogen-bond acceptors (Lipinski definition) is 5. The van der Waals surface area contributed by atoms with E-state index in [0.29, 0.717) is 0 Å². The Morgan fingerprint density at radius 2 is 2.00 bits per heavy atom. The molecule has 0 atom stereocenters. The average molecular weight is 224 g/mol. The Balaban J connectivity index is 3.15. The van der Waals surface area contributed by atoms with Crippen molar-refractivity contribution in [2.24, 2.45) is 0 Å². The zero-order chi connectivity index (χ0) is 12.1. The lowest BCUT2D eigenvalue weighted by Gasteiger charge is -2.03. The highest BCUT2D eigenvalue weighted by Gasteiger charge is 2.19. The van der Waals surface area contributed by atoms with Gasteiger partial charge in [0.1, 0.15) is 6.61 Å². The summed E-state index contributed by atoms with van der Waals surface area (Å²) in [6.45, 7) is 3.42. The summed E-state index contributed by atoms with van der Waals surface area (Å²) in [5.74, 6) is -0.140. The average Bonchev–Trinajstić information content (AvgIpc) is 2.25. The quantitative estimate of drug-likeness (QED) is 0.433. The molecule has 0 saturated carbocycles. The molecule has 0 spiro atoms. The first-order valence-corrected chi connectivity index (χ1v) is 4.22. The molecule has 7 nitrogen and oxygen atoms in total. The van der Waals surface area contributed by atoms with Gasteiger partial charge in [-0.05, 0) is 0 Å². The minimum Gasteiger partial charge on any atom is -0.482 e. The number of nitro groups is 2. The summed E-state index contributed by atoms with van der Waals surface area (Å²) < 4.78 is 4.97. The van der Waals surface area contributed by atoms with Crippen molar-refractivity contribution in [3.8, 4) is 5.75 Å². The van der Waals surface area contributed by atoms with Crippen molar-refractivity contribution < 1.29 is 14.6 Å². The first-order valence-electron chi connectivity index (χ1n) is 4.22. The summed E-state index contributed by atoms with van der Waals surface area (Å²) >= 11 is 0. The van der Waals surface area contributed by atoms with E-state index in [2.05, 4.69) is 6.58 Å². The zero-order valence-electron chi connectivity index (χ0n) is 8.16. The number of non-ortho nitro benzene ring substituents is 1. The molecule has 1 aromatic carbocycles. The molecule has 0 aliphatic carbocycles. The minimum absolute atomic E-state index is 0.0437. The Labute approximate surface area is 90.3 Å². The van der Waals surface area contributed by atoms with Crippen molar-refractivity contribution >= 4 is 11.4 Å². The molecule has 0 radical (unpaired) electrons. The van der Waals surface area contributed by atoms with E-state index < -0.39 is 9.85 Å². The number of ether oxygens (including phenoxy) is 1. The molecule has 0 amide bonds. The summed E-state index contributed by atoms with van der Waals surface area (Å²) in [4.78, 5) is 19.8. The molecular weight excluding hydrogens is 216 g/mol. The Morgan fingerprint density at radius 1 is 1.31 bits per heavy atom. The Morgan fingerprint density at radius 3 is 2.50 bits per heavy atom. The van der Waals surface area contributed by atoms with Gasteiger partial charge in [0, 0.05) is 12.1 Å². The van der Waals surface area contributed by atoms with Crippen LogP contribution >= 0.6 is 0 Å². The Hall–Kier alpha value is -2.44. The smallest absolute Gasteiger partial charge is 0.311 e. The molecule has 0 N–H and O–H groups in total. The van der Waals surface area contributed by atoms with Gasteiger partial charge in [0.2, 0.25) is 5.75 Å². The van der Waals surface area contributed by atoms with E-state index in [1.165, 1.54) is 6.08 Å². The van der Waals surface area contributed by atoms with Gasteiger partial charge >= 0.3 is 5.69 Å². The summed E-state index contributed by atoms with van der Waals surface area (Å²) in [5, 5.41) is 21.1. The van der Waals surface area contributed by atoms with Crippen molar-refractivity contribution in [3.63, 3.8) is 0 Å². The third-order valence-electron chi connectivity index (χ3n) is 1.71. The largest absolute Gasteiger partial charge is 0.482 e. The van der Waals surface area contributed by atoms with Crippen LogP contribution in [-0.2, 0) is 0 Å². The summed E-state index contributed by atoms with van der Waals surface area (Å²) in [6.07, 6.45) is 1.39. The van der Waals surface area contributed by atoms with Crippen LogP contribution in [-0.4, -0.2) is 16.5 Å². The van der Waals surface area contributed by atoms with E-state index in [1.807, 2.05) is 0 Å². The normalized spacial score (nSPS) is 9.50. The molecule has 0 aliphatic rings. The summed E-state index contributed by atoms with van der Waals surface area (Å²) in [7, 11) is 0. The topological polar surface area (TPSA) is 95.5 Å². The number of hydrogen-bond donors (Lipinski definition) is 0. The van der Waals surface area contributed by atoms with Crippen LogP contribution in [0.2, 0.25) is 0 Å². The lowest BCUT2D eigenvalue weighted by molar-refractivity contribution is -0.389. The third kappa shape index (κ3) is 2.53. The van der Waals surface area contributed by atoms with Crippen LogP contribution in [0.3, 0.4) is 0 Å². The third-order valence-corrected chi connectivity index (χ3v) is 1.71. The predicted molar refractivity (Wildman–Crippen MR) is 55.4 cm³/mol. The van der Waals surface area contributed by atoms with Gasteiger partial charge in [-0.3, -0.25) is 20.2 Å². The van der Waals surface area contributed by atoms with Crippen LogP contribution in [0.1, 0.15) is 0 Å². The van der Waals surface area contributed by atoms with Crippen LogP contribution in [0.15, 0.2) is 30.9 Å². The van der Waals surface area contributed by atoms with Crippen molar-refractivity contribution in [1.29, 1.82) is 0 Å². The van der Waals surface area contributed by atoms with Gasteiger partial charge in [0.25, 0.3) is 5.69 Å². The molecule has 0 heterocycles. The molecule has 0 unspecified atom stereocenters. The van der Waals surface area contributed by atoms with E-state index in [0.717, 1.165) is 18.2 Å². The predicted octanol–water partition coefficient (Wildman–Crippen LogP) is 2.07. The molecule has 0 aliphatic heterocycles. The first kappa shape index (κ1) is 11.6. The molecule has 7 heteroatoms. The minimum atomic E-state index is -0.665. The van der Waals surface area contributed by atoms with Gasteiger partial charge < -0.3 is 4.74 Å². The van der Waals surface area contributed by atoms with Gasteiger partial charge in [-0.2, -0.15) is 0 Å². The zero-order valence-corrected chi connectivity index (χ0v) is 8.16. The number of benzene rings is 1. The highest BCUT2D eigenvalue weighted by molar-refractivity contribution is 5.53. The second kappa shape index (κ2) is 4.87. The van der Waals surface area contributed by atoms with E-state index in [9.17, 15) is 20.2 Å². The summed E-state index contributed by atoms with van der Waals surface area (Å²) in [6, 6.07) is 3.11. The summed E-state index contributed by atoms with van der Waals surface area (Å²) in [5.41, 5.74) is -0.572. The fourth-order valence-electron chi connectivity index (χ4n) is 1.03. The number of rotatable bonds is 5. The highest BCUT2D eigenvalue weighted by atomic mass is 16.6. The van der Waals surface area contributed by atoms with Crippen LogP contribution in [0.25, 0.3) is 0 Å². The molecule has 0 bridgehead atoms. The maximum atomic E-state index is 10.6. The van der Waals surface area contributed by atoms with Gasteiger partial charge in [0.15, 0.2) is 0 Å². The van der Waals surface area contributed by atoms with Gasteiger partial charge in [0.05, 0.1) is 15.9 Å². The van der Waals surface area contributed by atoms with E-state index in [1.54, 1.807) is 0 Å². The SMILES string of the molecule is C=CCOc1cc([N+](=O)[O-])ccc1[N+](=O)[O-]. The van der Waals surface area contributed by atoms with Crippen LogP contribution in [0.4, 0.5) is 11.4 Å². The molecular formula is C9H8N2O5. The second-order valence-electron chi connectivity index (χ2n) is 2.77. The Kier molecular flexibility index (Phi) is 3.54. The Bertz CT molecular complexity index is 444. The van der Waals surface area contributed by atoms with Crippen LogP contribution in [0, 0.1) is 20.2 Å². The monoisotopic (exact) mass is 224 g/mol. The number of nitro benzene ring substituents is 2. The van der Waals surface area contributed by atoms with Crippen molar-refractivity contribution in [3.05, 3.63) is 51.1 Å². The van der Waals surface area contributed by atoms with Crippen molar-refractivity contribution in [2.75, 3.05) is 6.61 Å². The molecule has 0 saturated heterocycles. The lowest BCUT2D eigenvalue weighted by Crippen LogP contribution is -1.99. The maximum Gasteiger partial charge on any atom is 0.311 e. The molecule has 0 fully saturated rings. The number of nitrogens with zero attached hydrogens (tertiary/aromatic N) is 2. The fraction of sp³-hybridized carbons (Fsp3) is 0.111. The van der Waals surface area contributed by atoms with Gasteiger partial charge in [-0.25, -0.2) is 0 Å². The standard InChI is InChI=1S/C9H8N2O5/c1-2-5-16-9-6-7(10(12)13)3-4-8(9)11(14)15/h2-4,6H,1,5H2. The van der Waals surface area contributed by atoms with Crippen molar-refractivity contribution in [2.45, 2.75) is 0 Å². The first-order chi connectivity index (χ1) is 7.56. The van der Waals surface area contributed by atoms with E-state index >= 15 is 0 Å². The van der Waals surface area contributed by atoms with E-state index in [4.69, 9.17) is 4.74 Å². The molecule has 16 heavy (non-hydrogen) atoms. The second-order valence-corrected chi connectivity index (χ2v) is 2.77. The van der Waals surface area contributed by atoms with E-state index in [-0.39, 0.29) is 23.7 Å². The van der Waals surface area contributed by atoms with Crippen LogP contribution < -0.4 is 4.74 Å². The molecule has 1 aromatic rings.